The van der Waals surface area contributed by atoms with Gasteiger partial charge in [0.1, 0.15) is 0 Å². The topological polar surface area (TPSA) is 38.3 Å². The van der Waals surface area contributed by atoms with E-state index in [0.29, 0.717) is 12.1 Å². The third-order valence-corrected chi connectivity index (χ3v) is 2.80. The third kappa shape index (κ3) is 1.43. The molecule has 70 valence electrons. The van der Waals surface area contributed by atoms with Crippen LogP contribution in [0.15, 0.2) is 0 Å². The lowest BCUT2D eigenvalue weighted by molar-refractivity contribution is -0.146. The second kappa shape index (κ2) is 3.62. The molecule has 2 bridgehead atoms. The maximum absolute atomic E-state index is 11.1. The highest BCUT2D eigenvalue weighted by Crippen LogP contribution is 2.33. The van der Waals surface area contributed by atoms with E-state index < -0.39 is 0 Å². The van der Waals surface area contributed by atoms with Crippen LogP contribution in [0.2, 0.25) is 0 Å². The molecule has 3 nitrogen and oxygen atoms in total. The van der Waals surface area contributed by atoms with Crippen LogP contribution in [0.25, 0.3) is 0 Å². The minimum absolute atomic E-state index is 0. The number of methoxy groups -OCH3 is 1. The number of halogens is 1. The van der Waals surface area contributed by atoms with Crippen LogP contribution < -0.4 is 5.32 Å². The molecule has 0 aromatic heterocycles. The number of fused-ring (bicyclic) bond motifs is 2. The van der Waals surface area contributed by atoms with E-state index >= 15 is 0 Å². The number of ether oxygens (including phenoxy) is 1. The Kier molecular flexibility index (Phi) is 2.96. The summed E-state index contributed by atoms with van der Waals surface area (Å²) in [6.45, 7) is 0. The first-order valence-electron chi connectivity index (χ1n) is 4.15. The minimum Gasteiger partial charge on any atom is -0.469 e. The molecule has 0 aromatic rings. The summed E-state index contributed by atoms with van der Waals surface area (Å²) in [5.41, 5.74) is 0. The average molecular weight is 192 g/mol. The molecule has 0 unspecified atom stereocenters. The fourth-order valence-electron chi connectivity index (χ4n) is 2.24. The van der Waals surface area contributed by atoms with Gasteiger partial charge in [0, 0.05) is 12.1 Å². The molecule has 0 spiro atoms. The van der Waals surface area contributed by atoms with E-state index in [-0.39, 0.29) is 24.3 Å². The van der Waals surface area contributed by atoms with Crippen LogP contribution in [0.4, 0.5) is 0 Å². The standard InChI is InChI=1S/C8H13NO2.ClH/c1-11-8(10)6-4-5-2-3-7(6)9-5;/h5-7,9H,2-4H2,1H3;1H/t5-,6-,7+;/m1./s1. The molecule has 12 heavy (non-hydrogen) atoms. The normalized spacial score (nSPS) is 37.6. The second-order valence-electron chi connectivity index (χ2n) is 3.41. The maximum Gasteiger partial charge on any atom is 0.310 e. The SMILES string of the molecule is COC(=O)[C@@H]1C[C@H]2CC[C@@H]1N2.Cl. The van der Waals surface area contributed by atoms with E-state index in [9.17, 15) is 4.79 Å². The minimum atomic E-state index is -0.0373. The Morgan fingerprint density at radius 3 is 2.67 bits per heavy atom. The highest BCUT2D eigenvalue weighted by atomic mass is 35.5. The molecular weight excluding hydrogens is 178 g/mol. The van der Waals surface area contributed by atoms with Gasteiger partial charge in [-0.25, -0.2) is 0 Å². The number of hydrogen-bond donors (Lipinski definition) is 1. The molecule has 2 rings (SSSR count). The quantitative estimate of drug-likeness (QED) is 0.621. The Hall–Kier alpha value is -0.280. The fourth-order valence-corrected chi connectivity index (χ4v) is 2.24. The van der Waals surface area contributed by atoms with Crippen molar-refractivity contribution < 1.29 is 9.53 Å². The van der Waals surface area contributed by atoms with Gasteiger partial charge in [0.15, 0.2) is 0 Å². The number of esters is 1. The van der Waals surface area contributed by atoms with E-state index in [1.807, 2.05) is 0 Å². The van der Waals surface area contributed by atoms with Gasteiger partial charge in [-0.1, -0.05) is 0 Å². The molecule has 0 saturated carbocycles. The Bertz CT molecular complexity index is 186. The molecule has 2 aliphatic heterocycles. The van der Waals surface area contributed by atoms with Crippen molar-refractivity contribution in [1.29, 1.82) is 0 Å². The van der Waals surface area contributed by atoms with Crippen molar-refractivity contribution in [2.24, 2.45) is 5.92 Å². The van der Waals surface area contributed by atoms with E-state index in [4.69, 9.17) is 4.74 Å². The van der Waals surface area contributed by atoms with E-state index in [2.05, 4.69) is 5.32 Å². The van der Waals surface area contributed by atoms with Crippen molar-refractivity contribution >= 4 is 18.4 Å². The first kappa shape index (κ1) is 9.81. The van der Waals surface area contributed by atoms with Crippen LogP contribution >= 0.6 is 12.4 Å². The number of carbonyl (C=O) groups is 1. The lowest BCUT2D eigenvalue weighted by Crippen LogP contribution is -2.29. The highest BCUT2D eigenvalue weighted by molar-refractivity contribution is 5.85. The zero-order chi connectivity index (χ0) is 7.84. The molecule has 2 saturated heterocycles. The number of rotatable bonds is 1. The molecule has 2 aliphatic rings. The van der Waals surface area contributed by atoms with Crippen molar-refractivity contribution in [2.45, 2.75) is 31.3 Å². The smallest absolute Gasteiger partial charge is 0.310 e. The largest absolute Gasteiger partial charge is 0.469 e. The van der Waals surface area contributed by atoms with Gasteiger partial charge in [0.05, 0.1) is 13.0 Å². The predicted octanol–water partition coefficient (Wildman–Crippen LogP) is 0.722. The second-order valence-corrected chi connectivity index (χ2v) is 3.41. The van der Waals surface area contributed by atoms with Gasteiger partial charge in [-0.05, 0) is 19.3 Å². The summed E-state index contributed by atoms with van der Waals surface area (Å²) >= 11 is 0. The molecule has 0 aromatic carbocycles. The van der Waals surface area contributed by atoms with Crippen LogP contribution in [0.3, 0.4) is 0 Å². The molecule has 3 atom stereocenters. The summed E-state index contributed by atoms with van der Waals surface area (Å²) in [6.07, 6.45) is 3.36. The van der Waals surface area contributed by atoms with Crippen LogP contribution in [0.1, 0.15) is 19.3 Å². The lowest BCUT2D eigenvalue weighted by Gasteiger charge is -2.16. The van der Waals surface area contributed by atoms with Crippen molar-refractivity contribution in [3.63, 3.8) is 0 Å². The van der Waals surface area contributed by atoms with E-state index in [0.717, 1.165) is 12.8 Å². The molecule has 2 heterocycles. The van der Waals surface area contributed by atoms with E-state index in [1.54, 1.807) is 0 Å². The van der Waals surface area contributed by atoms with Gasteiger partial charge >= 0.3 is 5.97 Å². The summed E-state index contributed by atoms with van der Waals surface area (Å²) in [7, 11) is 1.47. The maximum atomic E-state index is 11.1. The molecular formula is C8H14ClNO2. The average Bonchev–Trinajstić information content (AvgIpc) is 2.62. The van der Waals surface area contributed by atoms with Gasteiger partial charge < -0.3 is 10.1 Å². The van der Waals surface area contributed by atoms with Crippen LogP contribution in [-0.2, 0) is 9.53 Å². The van der Waals surface area contributed by atoms with Gasteiger partial charge in [-0.2, -0.15) is 0 Å². The first-order valence-corrected chi connectivity index (χ1v) is 4.15. The van der Waals surface area contributed by atoms with Crippen LogP contribution in [0, 0.1) is 5.92 Å². The van der Waals surface area contributed by atoms with Crippen LogP contribution in [-0.4, -0.2) is 25.2 Å². The van der Waals surface area contributed by atoms with Crippen molar-refractivity contribution in [1.82, 2.24) is 5.32 Å². The Labute approximate surface area is 78.3 Å². The predicted molar refractivity (Wildman–Crippen MR) is 47.3 cm³/mol. The Morgan fingerprint density at radius 2 is 2.25 bits per heavy atom. The Balaban J connectivity index is 0.000000720. The van der Waals surface area contributed by atoms with Crippen molar-refractivity contribution in [3.05, 3.63) is 0 Å². The van der Waals surface area contributed by atoms with Gasteiger partial charge in [0.25, 0.3) is 0 Å². The molecule has 2 fully saturated rings. The number of hydrogen-bond acceptors (Lipinski definition) is 3. The summed E-state index contributed by atoms with van der Waals surface area (Å²) < 4.78 is 4.71. The zero-order valence-corrected chi connectivity index (χ0v) is 7.89. The molecule has 0 aliphatic carbocycles. The van der Waals surface area contributed by atoms with Gasteiger partial charge in [0.2, 0.25) is 0 Å². The monoisotopic (exact) mass is 191 g/mol. The number of nitrogens with one attached hydrogen (secondary N) is 1. The molecule has 0 amide bonds. The van der Waals surface area contributed by atoms with Gasteiger partial charge in [-0.15, -0.1) is 12.4 Å². The van der Waals surface area contributed by atoms with Crippen LogP contribution in [0.5, 0.6) is 0 Å². The summed E-state index contributed by atoms with van der Waals surface area (Å²) in [5, 5.41) is 3.39. The molecule has 1 N–H and O–H groups in total. The summed E-state index contributed by atoms with van der Waals surface area (Å²) in [6, 6.07) is 0.997. The highest BCUT2D eigenvalue weighted by Gasteiger charge is 2.43. The van der Waals surface area contributed by atoms with Crippen molar-refractivity contribution in [3.8, 4) is 0 Å². The zero-order valence-electron chi connectivity index (χ0n) is 7.08. The molecule has 0 radical (unpaired) electrons. The lowest BCUT2D eigenvalue weighted by atomic mass is 9.89. The first-order chi connectivity index (χ1) is 5.31. The summed E-state index contributed by atoms with van der Waals surface area (Å²) in [4.78, 5) is 11.1. The Morgan fingerprint density at radius 1 is 1.50 bits per heavy atom. The van der Waals surface area contributed by atoms with E-state index in [1.165, 1.54) is 13.5 Å². The van der Waals surface area contributed by atoms with Gasteiger partial charge in [-0.3, -0.25) is 4.79 Å². The third-order valence-electron chi connectivity index (χ3n) is 2.80. The fraction of sp³-hybridized carbons (Fsp3) is 0.875. The number of carbonyl (C=O) groups excluding carboxylic acids is 1. The van der Waals surface area contributed by atoms with Crippen molar-refractivity contribution in [2.75, 3.05) is 7.11 Å². The summed E-state index contributed by atoms with van der Waals surface area (Å²) in [5.74, 6) is 0.100. The molecule has 4 heteroatoms.